The van der Waals surface area contributed by atoms with Gasteiger partial charge in [0.2, 0.25) is 5.91 Å². The maximum atomic E-state index is 12.2. The van der Waals surface area contributed by atoms with Gasteiger partial charge in [-0.1, -0.05) is 42.3 Å². The lowest BCUT2D eigenvalue weighted by Crippen LogP contribution is -2.43. The molecule has 0 fully saturated rings. The Morgan fingerprint density at radius 3 is 2.61 bits per heavy atom. The summed E-state index contributed by atoms with van der Waals surface area (Å²) in [4.78, 5) is 12.3. The lowest BCUT2D eigenvalue weighted by molar-refractivity contribution is -0.121. The number of benzene rings is 1. The summed E-state index contributed by atoms with van der Waals surface area (Å²) in [6.45, 7) is 3.54. The SMILES string of the molecule is CCC(C)(C(=O)Nc1cc(Cl)ccc1Cl)C(N)=S. The molecule has 0 aliphatic rings. The number of nitrogens with one attached hydrogen (secondary N) is 1. The highest BCUT2D eigenvalue weighted by molar-refractivity contribution is 7.80. The Kier molecular flexibility index (Phi) is 4.96. The van der Waals surface area contributed by atoms with Gasteiger partial charge in [-0.2, -0.15) is 0 Å². The van der Waals surface area contributed by atoms with Crippen LogP contribution in [0.5, 0.6) is 0 Å². The summed E-state index contributed by atoms with van der Waals surface area (Å²) >= 11 is 16.8. The fourth-order valence-corrected chi connectivity index (χ4v) is 1.87. The van der Waals surface area contributed by atoms with Crippen LogP contribution in [0, 0.1) is 5.41 Å². The molecular formula is C12H14Cl2N2OS. The van der Waals surface area contributed by atoms with E-state index in [9.17, 15) is 4.79 Å². The third-order valence-electron chi connectivity index (χ3n) is 2.93. The monoisotopic (exact) mass is 304 g/mol. The van der Waals surface area contributed by atoms with E-state index in [4.69, 9.17) is 41.2 Å². The van der Waals surface area contributed by atoms with E-state index in [1.165, 1.54) is 0 Å². The first-order chi connectivity index (χ1) is 8.31. The molecular weight excluding hydrogens is 291 g/mol. The molecule has 0 bridgehead atoms. The van der Waals surface area contributed by atoms with Crippen LogP contribution >= 0.6 is 35.4 Å². The summed E-state index contributed by atoms with van der Waals surface area (Å²) in [7, 11) is 0. The van der Waals surface area contributed by atoms with Crippen molar-refractivity contribution in [3.63, 3.8) is 0 Å². The van der Waals surface area contributed by atoms with E-state index in [0.717, 1.165) is 0 Å². The van der Waals surface area contributed by atoms with Gasteiger partial charge in [0.25, 0.3) is 0 Å². The van der Waals surface area contributed by atoms with Crippen LogP contribution in [0.15, 0.2) is 18.2 Å². The molecule has 0 aliphatic carbocycles. The number of halogens is 2. The maximum absolute atomic E-state index is 12.2. The predicted octanol–water partition coefficient (Wildman–Crippen LogP) is 3.63. The van der Waals surface area contributed by atoms with Gasteiger partial charge in [-0.15, -0.1) is 0 Å². The van der Waals surface area contributed by atoms with E-state index < -0.39 is 5.41 Å². The van der Waals surface area contributed by atoms with Crippen molar-refractivity contribution in [1.82, 2.24) is 0 Å². The first-order valence-electron chi connectivity index (χ1n) is 5.37. The van der Waals surface area contributed by atoms with Crippen LogP contribution in [0.4, 0.5) is 5.69 Å². The van der Waals surface area contributed by atoms with E-state index in [0.29, 0.717) is 22.2 Å². The Labute approximate surface area is 122 Å². The van der Waals surface area contributed by atoms with Gasteiger partial charge in [-0.25, -0.2) is 0 Å². The second-order valence-corrected chi connectivity index (χ2v) is 5.41. The average Bonchev–Trinajstić information content (AvgIpc) is 2.32. The van der Waals surface area contributed by atoms with Crippen LogP contribution in [0.2, 0.25) is 10.0 Å². The fourth-order valence-electron chi connectivity index (χ4n) is 1.30. The van der Waals surface area contributed by atoms with E-state index >= 15 is 0 Å². The van der Waals surface area contributed by atoms with E-state index in [1.807, 2.05) is 6.92 Å². The first-order valence-corrected chi connectivity index (χ1v) is 6.54. The summed E-state index contributed by atoms with van der Waals surface area (Å²) in [5, 5.41) is 3.60. The second kappa shape index (κ2) is 5.87. The van der Waals surface area contributed by atoms with Crippen LogP contribution in [-0.4, -0.2) is 10.9 Å². The molecule has 1 atom stereocenters. The molecule has 0 aliphatic heterocycles. The number of rotatable bonds is 4. The third kappa shape index (κ3) is 3.13. The molecule has 0 spiro atoms. The molecule has 1 rings (SSSR count). The summed E-state index contributed by atoms with van der Waals surface area (Å²) < 4.78 is 0. The molecule has 1 aromatic rings. The van der Waals surface area contributed by atoms with Gasteiger partial charge in [0.15, 0.2) is 0 Å². The van der Waals surface area contributed by atoms with Crippen LogP contribution in [0.3, 0.4) is 0 Å². The molecule has 0 aromatic heterocycles. The number of hydrogen-bond acceptors (Lipinski definition) is 2. The summed E-state index contributed by atoms with van der Waals surface area (Å²) in [6, 6.07) is 4.84. The number of thiocarbonyl (C=S) groups is 1. The number of hydrogen-bond donors (Lipinski definition) is 2. The minimum atomic E-state index is -0.902. The third-order valence-corrected chi connectivity index (χ3v) is 3.94. The van der Waals surface area contributed by atoms with Gasteiger partial charge < -0.3 is 11.1 Å². The lowest BCUT2D eigenvalue weighted by atomic mass is 9.86. The fraction of sp³-hybridized carbons (Fsp3) is 0.333. The van der Waals surface area contributed by atoms with E-state index in [2.05, 4.69) is 5.32 Å². The normalized spacial score (nSPS) is 13.8. The molecule has 18 heavy (non-hydrogen) atoms. The zero-order chi connectivity index (χ0) is 13.9. The summed E-state index contributed by atoms with van der Waals surface area (Å²) in [6.07, 6.45) is 0.506. The van der Waals surface area contributed by atoms with Crippen molar-refractivity contribution >= 4 is 52.0 Å². The highest BCUT2D eigenvalue weighted by Gasteiger charge is 2.34. The molecule has 3 N–H and O–H groups in total. The number of amides is 1. The Hall–Kier alpha value is -0.840. The van der Waals surface area contributed by atoms with Crippen molar-refractivity contribution < 1.29 is 4.79 Å². The Morgan fingerprint density at radius 2 is 2.11 bits per heavy atom. The van der Waals surface area contributed by atoms with E-state index in [-0.39, 0.29) is 10.9 Å². The molecule has 1 aromatic carbocycles. The summed E-state index contributed by atoms with van der Waals surface area (Å²) in [5.74, 6) is -0.290. The van der Waals surface area contributed by atoms with Crippen molar-refractivity contribution in [2.24, 2.45) is 11.1 Å². The lowest BCUT2D eigenvalue weighted by Gasteiger charge is -2.25. The molecule has 3 nitrogen and oxygen atoms in total. The number of nitrogens with two attached hydrogens (primary N) is 1. The Morgan fingerprint density at radius 1 is 1.50 bits per heavy atom. The molecule has 0 heterocycles. The van der Waals surface area contributed by atoms with Crippen LogP contribution < -0.4 is 11.1 Å². The maximum Gasteiger partial charge on any atom is 0.237 e. The zero-order valence-electron chi connectivity index (χ0n) is 10.1. The van der Waals surface area contributed by atoms with Crippen molar-refractivity contribution in [3.8, 4) is 0 Å². The Balaban J connectivity index is 3.00. The average molecular weight is 305 g/mol. The molecule has 0 radical (unpaired) electrons. The van der Waals surface area contributed by atoms with Crippen molar-refractivity contribution in [1.29, 1.82) is 0 Å². The highest BCUT2D eigenvalue weighted by atomic mass is 35.5. The predicted molar refractivity (Wildman–Crippen MR) is 80.3 cm³/mol. The van der Waals surface area contributed by atoms with Gasteiger partial charge in [-0.3, -0.25) is 4.79 Å². The van der Waals surface area contributed by atoms with Gasteiger partial charge in [-0.05, 0) is 31.5 Å². The van der Waals surface area contributed by atoms with E-state index in [1.54, 1.807) is 25.1 Å². The number of carbonyl (C=O) groups excluding carboxylic acids is 1. The summed E-state index contributed by atoms with van der Waals surface area (Å²) in [5.41, 5.74) is 5.16. The van der Waals surface area contributed by atoms with Gasteiger partial charge in [0, 0.05) is 5.02 Å². The minimum absolute atomic E-state index is 0.153. The zero-order valence-corrected chi connectivity index (χ0v) is 12.4. The number of carbonyl (C=O) groups is 1. The van der Waals surface area contributed by atoms with Crippen LogP contribution in [0.1, 0.15) is 20.3 Å². The standard InChI is InChI=1S/C12H14Cl2N2OS/c1-3-12(2,10(15)18)11(17)16-9-6-7(13)4-5-8(9)14/h4-6H,3H2,1-2H3,(H2,15,18)(H,16,17). The smallest absolute Gasteiger partial charge is 0.237 e. The molecule has 1 amide bonds. The van der Waals surface area contributed by atoms with Crippen LogP contribution in [0.25, 0.3) is 0 Å². The van der Waals surface area contributed by atoms with Gasteiger partial charge in [0.1, 0.15) is 0 Å². The molecule has 98 valence electrons. The Bertz CT molecular complexity index is 493. The van der Waals surface area contributed by atoms with Crippen molar-refractivity contribution in [3.05, 3.63) is 28.2 Å². The topological polar surface area (TPSA) is 55.1 Å². The molecule has 0 saturated heterocycles. The van der Waals surface area contributed by atoms with Crippen molar-refractivity contribution in [2.75, 3.05) is 5.32 Å². The van der Waals surface area contributed by atoms with Crippen molar-refractivity contribution in [2.45, 2.75) is 20.3 Å². The van der Waals surface area contributed by atoms with Gasteiger partial charge >= 0.3 is 0 Å². The van der Waals surface area contributed by atoms with Crippen LogP contribution in [-0.2, 0) is 4.79 Å². The quantitative estimate of drug-likeness (QED) is 0.835. The highest BCUT2D eigenvalue weighted by Crippen LogP contribution is 2.29. The first kappa shape index (κ1) is 15.2. The molecule has 6 heteroatoms. The number of anilines is 1. The second-order valence-electron chi connectivity index (χ2n) is 4.13. The molecule has 0 saturated carbocycles. The largest absolute Gasteiger partial charge is 0.392 e. The minimum Gasteiger partial charge on any atom is -0.392 e. The van der Waals surface area contributed by atoms with Gasteiger partial charge in [0.05, 0.1) is 21.1 Å². The molecule has 1 unspecified atom stereocenters.